The number of rotatable bonds is 8. The van der Waals surface area contributed by atoms with Gasteiger partial charge in [0.1, 0.15) is 17.5 Å². The standard InChI is InChI=1S/C24H24N8O2/c1-33-20-4-2-3-19-22(20)34-24(31-19)32-10-7-15(13-32)18(5-8-25)28-12-16(11-26)21-17-6-9-27-23(17)30-14-29-21/h2-4,6,9,11-12,14-15,18,26,28H,5,7,10,13H2,1H3,(H,27,29,30)/b16-12+,26-11?. The molecule has 1 aromatic carbocycles. The minimum Gasteiger partial charge on any atom is -0.493 e. The normalized spacial score (nSPS) is 17.1. The molecule has 4 aromatic rings. The Labute approximate surface area is 195 Å². The molecule has 10 nitrogen and oxygen atoms in total. The molecular formula is C24H24N8O2. The number of hydrogen-bond acceptors (Lipinski definition) is 9. The van der Waals surface area contributed by atoms with E-state index in [4.69, 9.17) is 14.6 Å². The summed E-state index contributed by atoms with van der Waals surface area (Å²) in [6.45, 7) is 1.48. The number of aromatic amines is 1. The summed E-state index contributed by atoms with van der Waals surface area (Å²) in [7, 11) is 1.61. The summed E-state index contributed by atoms with van der Waals surface area (Å²) in [5, 5.41) is 21.6. The number of oxazole rings is 1. The van der Waals surface area contributed by atoms with Gasteiger partial charge in [-0.2, -0.15) is 10.2 Å². The van der Waals surface area contributed by atoms with Gasteiger partial charge in [-0.15, -0.1) is 0 Å². The van der Waals surface area contributed by atoms with Gasteiger partial charge in [0, 0.05) is 48.7 Å². The number of anilines is 1. The monoisotopic (exact) mass is 456 g/mol. The summed E-state index contributed by atoms with van der Waals surface area (Å²) < 4.78 is 11.4. The largest absolute Gasteiger partial charge is 0.493 e. The van der Waals surface area contributed by atoms with E-state index in [2.05, 4.69) is 36.2 Å². The van der Waals surface area contributed by atoms with Crippen LogP contribution in [0.25, 0.3) is 27.7 Å². The second kappa shape index (κ2) is 9.23. The van der Waals surface area contributed by atoms with Crippen LogP contribution in [0.5, 0.6) is 5.75 Å². The first-order chi connectivity index (χ1) is 16.7. The van der Waals surface area contributed by atoms with E-state index in [0.717, 1.165) is 23.9 Å². The molecule has 0 bridgehead atoms. The Bertz CT molecular complexity index is 1400. The molecule has 2 unspecified atom stereocenters. The van der Waals surface area contributed by atoms with Crippen molar-refractivity contribution in [1.29, 1.82) is 10.7 Å². The molecule has 0 saturated carbocycles. The van der Waals surface area contributed by atoms with Crippen LogP contribution in [-0.2, 0) is 0 Å². The van der Waals surface area contributed by atoms with E-state index in [0.29, 0.717) is 47.2 Å². The predicted molar refractivity (Wildman–Crippen MR) is 129 cm³/mol. The Morgan fingerprint density at radius 2 is 2.35 bits per heavy atom. The lowest BCUT2D eigenvalue weighted by Crippen LogP contribution is -2.35. The van der Waals surface area contributed by atoms with Gasteiger partial charge in [-0.1, -0.05) is 6.07 Å². The molecule has 0 spiro atoms. The number of aromatic nitrogens is 4. The SMILES string of the molecule is COc1cccc2nc(N3CCC(C(CC#N)N/C=C(\C=N)c4ncnc5[nH]ccc45)C3)oc12. The van der Waals surface area contributed by atoms with Gasteiger partial charge < -0.3 is 29.8 Å². The topological polar surface area (TPSA) is 140 Å². The van der Waals surface area contributed by atoms with Gasteiger partial charge in [0.25, 0.3) is 6.01 Å². The fourth-order valence-electron chi connectivity index (χ4n) is 4.44. The summed E-state index contributed by atoms with van der Waals surface area (Å²) in [5.74, 6) is 0.860. The van der Waals surface area contributed by atoms with Crippen LogP contribution in [0, 0.1) is 22.7 Å². The molecule has 3 N–H and O–H groups in total. The fourth-order valence-corrected chi connectivity index (χ4v) is 4.44. The summed E-state index contributed by atoms with van der Waals surface area (Å²) in [4.78, 5) is 18.4. The van der Waals surface area contributed by atoms with E-state index < -0.39 is 0 Å². The maximum Gasteiger partial charge on any atom is 0.298 e. The number of benzene rings is 1. The number of para-hydroxylation sites is 1. The first-order valence-corrected chi connectivity index (χ1v) is 11.0. The number of nitrogens with one attached hydrogen (secondary N) is 3. The summed E-state index contributed by atoms with van der Waals surface area (Å²) in [5.41, 5.74) is 3.39. The van der Waals surface area contributed by atoms with E-state index in [1.54, 1.807) is 19.5 Å². The van der Waals surface area contributed by atoms with Crippen LogP contribution in [0.2, 0.25) is 0 Å². The Morgan fingerprint density at radius 3 is 3.18 bits per heavy atom. The van der Waals surface area contributed by atoms with Gasteiger partial charge in [-0.05, 0) is 30.5 Å². The Kier molecular flexibility index (Phi) is 5.82. The number of H-pyrrole nitrogens is 1. The zero-order chi connectivity index (χ0) is 23.5. The second-order valence-corrected chi connectivity index (χ2v) is 8.14. The number of nitrogens with zero attached hydrogens (tertiary/aromatic N) is 5. The smallest absolute Gasteiger partial charge is 0.298 e. The highest BCUT2D eigenvalue weighted by atomic mass is 16.5. The van der Waals surface area contributed by atoms with Crippen LogP contribution in [0.3, 0.4) is 0 Å². The highest BCUT2D eigenvalue weighted by Gasteiger charge is 2.31. The molecule has 0 aliphatic carbocycles. The summed E-state index contributed by atoms with van der Waals surface area (Å²) in [6, 6.07) is 10.3. The summed E-state index contributed by atoms with van der Waals surface area (Å²) >= 11 is 0. The molecule has 0 radical (unpaired) electrons. The lowest BCUT2D eigenvalue weighted by molar-refractivity contribution is 0.408. The number of ether oxygens (including phenoxy) is 1. The van der Waals surface area contributed by atoms with E-state index in [1.165, 1.54) is 12.5 Å². The lowest BCUT2D eigenvalue weighted by Gasteiger charge is -2.22. The maximum absolute atomic E-state index is 9.45. The van der Waals surface area contributed by atoms with E-state index in [1.807, 2.05) is 24.3 Å². The number of allylic oxidation sites excluding steroid dienone is 1. The molecule has 34 heavy (non-hydrogen) atoms. The number of hydrogen-bond donors (Lipinski definition) is 3. The van der Waals surface area contributed by atoms with Crippen molar-refractivity contribution in [2.45, 2.75) is 18.9 Å². The van der Waals surface area contributed by atoms with E-state index in [9.17, 15) is 5.26 Å². The Hall–Kier alpha value is -4.39. The van der Waals surface area contributed by atoms with Gasteiger partial charge >= 0.3 is 0 Å². The zero-order valence-corrected chi connectivity index (χ0v) is 18.7. The third kappa shape index (κ3) is 3.92. The van der Waals surface area contributed by atoms with Crippen LogP contribution < -0.4 is 15.0 Å². The molecule has 5 rings (SSSR count). The molecule has 2 atom stereocenters. The molecule has 1 aliphatic rings. The highest BCUT2D eigenvalue weighted by Crippen LogP contribution is 2.33. The van der Waals surface area contributed by atoms with Crippen molar-refractivity contribution in [3.63, 3.8) is 0 Å². The molecule has 1 saturated heterocycles. The van der Waals surface area contributed by atoms with Crippen LogP contribution in [0.15, 0.2) is 47.4 Å². The predicted octanol–water partition coefficient (Wildman–Crippen LogP) is 3.50. The molecule has 10 heteroatoms. The molecule has 0 amide bonds. The van der Waals surface area contributed by atoms with Crippen LogP contribution >= 0.6 is 0 Å². The van der Waals surface area contributed by atoms with Crippen LogP contribution in [0.4, 0.5) is 6.01 Å². The average molecular weight is 457 g/mol. The van der Waals surface area contributed by atoms with Crippen molar-refractivity contribution in [3.05, 3.63) is 48.7 Å². The van der Waals surface area contributed by atoms with Crippen LogP contribution in [0.1, 0.15) is 18.5 Å². The third-order valence-corrected chi connectivity index (χ3v) is 6.20. The minimum absolute atomic E-state index is 0.0904. The van der Waals surface area contributed by atoms with E-state index >= 15 is 0 Å². The average Bonchev–Trinajstić information content (AvgIpc) is 3.62. The third-order valence-electron chi connectivity index (χ3n) is 6.20. The molecule has 3 aromatic heterocycles. The minimum atomic E-state index is -0.0904. The molecule has 1 fully saturated rings. The maximum atomic E-state index is 9.45. The van der Waals surface area contributed by atoms with Crippen molar-refractivity contribution in [3.8, 4) is 11.8 Å². The van der Waals surface area contributed by atoms with Gasteiger partial charge in [0.2, 0.25) is 0 Å². The van der Waals surface area contributed by atoms with Gasteiger partial charge in [0.15, 0.2) is 11.3 Å². The van der Waals surface area contributed by atoms with Crippen molar-refractivity contribution >= 4 is 39.9 Å². The van der Waals surface area contributed by atoms with Crippen molar-refractivity contribution in [1.82, 2.24) is 25.3 Å². The van der Waals surface area contributed by atoms with Gasteiger partial charge in [0.05, 0.1) is 25.3 Å². The number of methoxy groups -OCH3 is 1. The van der Waals surface area contributed by atoms with Gasteiger partial charge in [-0.25, -0.2) is 9.97 Å². The lowest BCUT2D eigenvalue weighted by atomic mass is 9.96. The second-order valence-electron chi connectivity index (χ2n) is 8.14. The van der Waals surface area contributed by atoms with Crippen LogP contribution in [-0.4, -0.2) is 52.4 Å². The molecule has 1 aliphatic heterocycles. The number of fused-ring (bicyclic) bond motifs is 2. The highest BCUT2D eigenvalue weighted by molar-refractivity contribution is 6.11. The quantitative estimate of drug-likeness (QED) is 0.342. The molecule has 172 valence electrons. The molecule has 4 heterocycles. The van der Waals surface area contributed by atoms with Crippen molar-refractivity contribution in [2.24, 2.45) is 5.92 Å². The summed E-state index contributed by atoms with van der Waals surface area (Å²) in [6.07, 6.45) is 7.53. The number of nitriles is 1. The Balaban J connectivity index is 1.34. The Morgan fingerprint density at radius 1 is 1.44 bits per heavy atom. The fraction of sp³-hybridized carbons (Fsp3) is 0.292. The van der Waals surface area contributed by atoms with Crippen molar-refractivity contribution < 1.29 is 9.15 Å². The van der Waals surface area contributed by atoms with E-state index in [-0.39, 0.29) is 12.0 Å². The first-order valence-electron chi connectivity index (χ1n) is 11.0. The van der Waals surface area contributed by atoms with Gasteiger partial charge in [-0.3, -0.25) is 0 Å². The molecular weight excluding hydrogens is 432 g/mol. The first kappa shape index (κ1) is 21.5. The zero-order valence-electron chi connectivity index (χ0n) is 18.7. The van der Waals surface area contributed by atoms with Crippen molar-refractivity contribution in [2.75, 3.05) is 25.1 Å².